The molecule has 0 spiro atoms. The van der Waals surface area contributed by atoms with Crippen LogP contribution in [0.2, 0.25) is 0 Å². The number of hydrogen-bond donors (Lipinski definition) is 1. The van der Waals surface area contributed by atoms with E-state index in [0.29, 0.717) is 13.0 Å². The molecule has 1 heterocycles. The van der Waals surface area contributed by atoms with E-state index < -0.39 is 0 Å². The molecule has 0 bridgehead atoms. The molecule has 0 aliphatic carbocycles. The average Bonchev–Trinajstić information content (AvgIpc) is 2.39. The molecule has 4 heteroatoms. The van der Waals surface area contributed by atoms with Crippen molar-refractivity contribution in [2.45, 2.75) is 52.5 Å². The highest BCUT2D eigenvalue weighted by Crippen LogP contribution is 2.33. The van der Waals surface area contributed by atoms with Gasteiger partial charge in [-0.1, -0.05) is 6.92 Å². The fourth-order valence-corrected chi connectivity index (χ4v) is 2.67. The van der Waals surface area contributed by atoms with Gasteiger partial charge in [-0.05, 0) is 39.7 Å². The highest BCUT2D eigenvalue weighted by Gasteiger charge is 2.40. The molecule has 0 radical (unpaired) electrons. The molecular formula is C14H25N3O. The summed E-state index contributed by atoms with van der Waals surface area (Å²) in [6.07, 6.45) is 3.31. The molecule has 4 nitrogen and oxygen atoms in total. The Kier molecular flexibility index (Phi) is 5.61. The Morgan fingerprint density at radius 1 is 1.56 bits per heavy atom. The largest absolute Gasteiger partial charge is 0.339 e. The van der Waals surface area contributed by atoms with Crippen LogP contribution in [0.15, 0.2) is 0 Å². The number of nitrogens with one attached hydrogen (secondary N) is 1. The lowest BCUT2D eigenvalue weighted by molar-refractivity contribution is -0.145. The normalized spacial score (nSPS) is 23.7. The van der Waals surface area contributed by atoms with Crippen LogP contribution in [0.3, 0.4) is 0 Å². The van der Waals surface area contributed by atoms with Crippen molar-refractivity contribution in [1.82, 2.24) is 10.2 Å². The summed E-state index contributed by atoms with van der Waals surface area (Å²) >= 11 is 0. The molecule has 18 heavy (non-hydrogen) atoms. The second kappa shape index (κ2) is 6.75. The molecule has 1 aliphatic heterocycles. The van der Waals surface area contributed by atoms with E-state index in [0.717, 1.165) is 32.4 Å². The SMILES string of the molecule is CCC1(C(=O)N(CCC#N)C(C)C)CCCNC1. The number of carbonyl (C=O) groups is 1. The van der Waals surface area contributed by atoms with Gasteiger partial charge in [0, 0.05) is 19.1 Å². The number of rotatable bonds is 5. The fourth-order valence-electron chi connectivity index (χ4n) is 2.67. The zero-order chi connectivity index (χ0) is 13.6. The van der Waals surface area contributed by atoms with Crippen molar-refractivity contribution < 1.29 is 4.79 Å². The van der Waals surface area contributed by atoms with Crippen LogP contribution >= 0.6 is 0 Å². The molecule has 1 unspecified atom stereocenters. The zero-order valence-electron chi connectivity index (χ0n) is 11.8. The van der Waals surface area contributed by atoms with E-state index in [-0.39, 0.29) is 17.4 Å². The van der Waals surface area contributed by atoms with Crippen molar-refractivity contribution in [3.63, 3.8) is 0 Å². The van der Waals surface area contributed by atoms with Gasteiger partial charge in [-0.15, -0.1) is 0 Å². The van der Waals surface area contributed by atoms with Crippen LogP contribution < -0.4 is 5.32 Å². The van der Waals surface area contributed by atoms with E-state index in [4.69, 9.17) is 5.26 Å². The lowest BCUT2D eigenvalue weighted by atomic mass is 9.76. The van der Waals surface area contributed by atoms with Crippen LogP contribution in [-0.2, 0) is 4.79 Å². The molecule has 0 aromatic carbocycles. The first-order valence-electron chi connectivity index (χ1n) is 6.96. The Morgan fingerprint density at radius 3 is 2.72 bits per heavy atom. The predicted octanol–water partition coefficient (Wildman–Crippen LogP) is 1.92. The second-order valence-corrected chi connectivity index (χ2v) is 5.41. The van der Waals surface area contributed by atoms with Crippen molar-refractivity contribution in [3.05, 3.63) is 0 Å². The Balaban J connectivity index is 2.82. The summed E-state index contributed by atoms with van der Waals surface area (Å²) in [7, 11) is 0. The summed E-state index contributed by atoms with van der Waals surface area (Å²) in [5.74, 6) is 0.224. The predicted molar refractivity (Wildman–Crippen MR) is 71.9 cm³/mol. The van der Waals surface area contributed by atoms with Crippen LogP contribution in [0.4, 0.5) is 0 Å². The minimum Gasteiger partial charge on any atom is -0.339 e. The number of amides is 1. The molecule has 102 valence electrons. The molecule has 0 aromatic rings. The summed E-state index contributed by atoms with van der Waals surface area (Å²) in [5.41, 5.74) is -0.252. The Hall–Kier alpha value is -1.08. The monoisotopic (exact) mass is 251 g/mol. The third kappa shape index (κ3) is 3.23. The van der Waals surface area contributed by atoms with Crippen molar-refractivity contribution in [3.8, 4) is 6.07 Å². The molecule has 1 N–H and O–H groups in total. The van der Waals surface area contributed by atoms with Gasteiger partial charge >= 0.3 is 0 Å². The molecule has 0 aromatic heterocycles. The topological polar surface area (TPSA) is 56.1 Å². The first kappa shape index (κ1) is 15.0. The Morgan fingerprint density at radius 2 is 2.28 bits per heavy atom. The first-order chi connectivity index (χ1) is 8.57. The van der Waals surface area contributed by atoms with E-state index in [2.05, 4.69) is 18.3 Å². The molecular weight excluding hydrogens is 226 g/mol. The van der Waals surface area contributed by atoms with Crippen molar-refractivity contribution >= 4 is 5.91 Å². The number of nitrogens with zero attached hydrogens (tertiary/aromatic N) is 2. The van der Waals surface area contributed by atoms with E-state index in [1.54, 1.807) is 0 Å². The maximum absolute atomic E-state index is 12.8. The third-order valence-corrected chi connectivity index (χ3v) is 3.95. The van der Waals surface area contributed by atoms with Gasteiger partial charge in [0.25, 0.3) is 0 Å². The van der Waals surface area contributed by atoms with Gasteiger partial charge in [0.15, 0.2) is 0 Å². The van der Waals surface area contributed by atoms with Gasteiger partial charge in [-0.2, -0.15) is 5.26 Å². The standard InChI is InChI=1S/C14H25N3O/c1-4-14(7-5-9-16-11-14)13(18)17(12(2)3)10-6-8-15/h12,16H,4-7,9-11H2,1-3H3. The maximum atomic E-state index is 12.8. The molecule has 1 saturated heterocycles. The minimum atomic E-state index is -0.252. The minimum absolute atomic E-state index is 0.163. The van der Waals surface area contributed by atoms with Crippen molar-refractivity contribution in [2.24, 2.45) is 5.41 Å². The number of hydrogen-bond acceptors (Lipinski definition) is 3. The smallest absolute Gasteiger partial charge is 0.230 e. The van der Waals surface area contributed by atoms with E-state index in [1.807, 2.05) is 18.7 Å². The summed E-state index contributed by atoms with van der Waals surface area (Å²) < 4.78 is 0. The van der Waals surface area contributed by atoms with E-state index >= 15 is 0 Å². The fraction of sp³-hybridized carbons (Fsp3) is 0.857. The summed E-state index contributed by atoms with van der Waals surface area (Å²) in [6.45, 7) is 8.47. The highest BCUT2D eigenvalue weighted by atomic mass is 16.2. The first-order valence-corrected chi connectivity index (χ1v) is 6.96. The molecule has 1 aliphatic rings. The second-order valence-electron chi connectivity index (χ2n) is 5.41. The van der Waals surface area contributed by atoms with Gasteiger partial charge in [-0.3, -0.25) is 4.79 Å². The van der Waals surface area contributed by atoms with E-state index in [9.17, 15) is 4.79 Å². The zero-order valence-corrected chi connectivity index (χ0v) is 11.8. The molecule has 1 amide bonds. The molecule has 0 saturated carbocycles. The van der Waals surface area contributed by atoms with Gasteiger partial charge in [0.1, 0.15) is 0 Å². The van der Waals surface area contributed by atoms with Crippen LogP contribution in [0.25, 0.3) is 0 Å². The van der Waals surface area contributed by atoms with Crippen LogP contribution in [0.1, 0.15) is 46.5 Å². The van der Waals surface area contributed by atoms with Crippen LogP contribution in [0.5, 0.6) is 0 Å². The number of carbonyl (C=O) groups excluding carboxylic acids is 1. The van der Waals surface area contributed by atoms with Gasteiger partial charge in [-0.25, -0.2) is 0 Å². The number of nitriles is 1. The highest BCUT2D eigenvalue weighted by molar-refractivity contribution is 5.83. The summed E-state index contributed by atoms with van der Waals surface area (Å²) in [4.78, 5) is 14.6. The van der Waals surface area contributed by atoms with Gasteiger partial charge < -0.3 is 10.2 Å². The maximum Gasteiger partial charge on any atom is 0.230 e. The van der Waals surface area contributed by atoms with Crippen molar-refractivity contribution in [1.29, 1.82) is 5.26 Å². The van der Waals surface area contributed by atoms with Crippen molar-refractivity contribution in [2.75, 3.05) is 19.6 Å². The molecule has 1 rings (SSSR count). The quantitative estimate of drug-likeness (QED) is 0.812. The van der Waals surface area contributed by atoms with E-state index in [1.165, 1.54) is 0 Å². The van der Waals surface area contributed by atoms with Crippen LogP contribution in [0, 0.1) is 16.7 Å². The lowest BCUT2D eigenvalue weighted by Gasteiger charge is -2.41. The average molecular weight is 251 g/mol. The summed E-state index contributed by atoms with van der Waals surface area (Å²) in [6, 6.07) is 2.30. The van der Waals surface area contributed by atoms with Gasteiger partial charge in [0.2, 0.25) is 5.91 Å². The molecule has 1 fully saturated rings. The van der Waals surface area contributed by atoms with Gasteiger partial charge in [0.05, 0.1) is 17.9 Å². The number of piperidine rings is 1. The summed E-state index contributed by atoms with van der Waals surface area (Å²) in [5, 5.41) is 12.1. The molecule has 1 atom stereocenters. The lowest BCUT2D eigenvalue weighted by Crippen LogP contribution is -2.53. The Bertz CT molecular complexity index is 313. The van der Waals surface area contributed by atoms with Crippen LogP contribution in [-0.4, -0.2) is 36.5 Å². The third-order valence-electron chi connectivity index (χ3n) is 3.95. The Labute approximate surface area is 110 Å².